The Bertz CT molecular complexity index is 699. The van der Waals surface area contributed by atoms with Gasteiger partial charge in [-0.05, 0) is 41.5 Å². The molecule has 0 radical (unpaired) electrons. The largest absolute Gasteiger partial charge is 0.475 e. The first-order chi connectivity index (χ1) is 11.9. The molecule has 0 aliphatic heterocycles. The predicted molar refractivity (Wildman–Crippen MR) is 99.3 cm³/mol. The molecule has 0 atom stereocenters. The Balaban J connectivity index is 3.55. The summed E-state index contributed by atoms with van der Waals surface area (Å²) in [6, 6.07) is 1.34. The molecular weight excluding hydrogens is 354 g/mol. The number of aromatic carboxylic acids is 1. The van der Waals surface area contributed by atoms with Gasteiger partial charge in [-0.15, -0.1) is 0 Å². The van der Waals surface area contributed by atoms with Crippen molar-refractivity contribution in [1.82, 2.24) is 0 Å². The molecule has 0 aliphatic carbocycles. The number of imide groups is 1. The summed E-state index contributed by atoms with van der Waals surface area (Å²) in [6.45, 7) is 15.2. The van der Waals surface area contributed by atoms with E-state index in [2.05, 4.69) is 0 Å². The smallest absolute Gasteiger partial charge is 0.424 e. The van der Waals surface area contributed by atoms with Gasteiger partial charge in [0.1, 0.15) is 22.6 Å². The third-order valence-electron chi connectivity index (χ3n) is 3.04. The highest BCUT2D eigenvalue weighted by atomic mass is 16.6. The van der Waals surface area contributed by atoms with E-state index in [1.54, 1.807) is 41.5 Å². The number of hydrogen-bond donors (Lipinski definition) is 1. The fourth-order valence-corrected chi connectivity index (χ4v) is 1.96. The Kier molecular flexibility index (Phi) is 6.05. The number of carboxylic acid groups (broad SMARTS) is 1. The van der Waals surface area contributed by atoms with Crippen LogP contribution in [-0.4, -0.2) is 34.5 Å². The van der Waals surface area contributed by atoms with E-state index in [4.69, 9.17) is 13.9 Å². The van der Waals surface area contributed by atoms with E-state index in [0.29, 0.717) is 10.7 Å². The number of rotatable bonds is 2. The molecule has 1 heterocycles. The molecule has 27 heavy (non-hydrogen) atoms. The highest BCUT2D eigenvalue weighted by Gasteiger charge is 2.38. The third-order valence-corrected chi connectivity index (χ3v) is 3.04. The van der Waals surface area contributed by atoms with Crippen LogP contribution in [0.25, 0.3) is 0 Å². The number of carbonyl (C=O) groups is 3. The first-order valence-electron chi connectivity index (χ1n) is 8.56. The zero-order chi connectivity index (χ0) is 21.4. The van der Waals surface area contributed by atoms with Crippen LogP contribution in [0.2, 0.25) is 0 Å². The number of carboxylic acids is 1. The molecule has 152 valence electrons. The molecule has 0 unspecified atom stereocenters. The lowest BCUT2D eigenvalue weighted by Gasteiger charge is -2.28. The molecule has 0 aliphatic rings. The molecule has 2 amide bonds. The Morgan fingerprint density at radius 2 is 1.30 bits per heavy atom. The Hall–Kier alpha value is -2.51. The van der Waals surface area contributed by atoms with Crippen LogP contribution in [0.4, 0.5) is 15.3 Å². The van der Waals surface area contributed by atoms with Gasteiger partial charge in [-0.2, -0.15) is 4.90 Å². The van der Waals surface area contributed by atoms with Crippen LogP contribution in [0, 0.1) is 0 Å². The lowest BCUT2D eigenvalue weighted by Crippen LogP contribution is -2.44. The monoisotopic (exact) mass is 383 g/mol. The van der Waals surface area contributed by atoms with Gasteiger partial charge in [-0.25, -0.2) is 14.4 Å². The normalized spacial score (nSPS) is 12.5. The van der Waals surface area contributed by atoms with Crippen molar-refractivity contribution in [3.8, 4) is 0 Å². The zero-order valence-corrected chi connectivity index (χ0v) is 17.4. The maximum atomic E-state index is 12.7. The van der Waals surface area contributed by atoms with Crippen LogP contribution in [0.5, 0.6) is 0 Å². The van der Waals surface area contributed by atoms with Gasteiger partial charge in [0.05, 0.1) is 0 Å². The van der Waals surface area contributed by atoms with E-state index in [1.165, 1.54) is 6.07 Å². The van der Waals surface area contributed by atoms with Crippen LogP contribution in [0.1, 0.15) is 78.6 Å². The molecule has 0 fully saturated rings. The molecule has 1 aromatic heterocycles. The van der Waals surface area contributed by atoms with E-state index in [1.807, 2.05) is 20.8 Å². The van der Waals surface area contributed by atoms with Crippen LogP contribution < -0.4 is 4.90 Å². The van der Waals surface area contributed by atoms with Crippen LogP contribution in [-0.2, 0) is 14.9 Å². The van der Waals surface area contributed by atoms with Gasteiger partial charge in [-0.3, -0.25) is 0 Å². The minimum Gasteiger partial charge on any atom is -0.475 e. The van der Waals surface area contributed by atoms with Gasteiger partial charge in [0.15, 0.2) is 0 Å². The third kappa shape index (κ3) is 6.30. The molecule has 0 bridgehead atoms. The topological polar surface area (TPSA) is 106 Å². The maximum Gasteiger partial charge on any atom is 0.424 e. The van der Waals surface area contributed by atoms with Crippen molar-refractivity contribution >= 4 is 23.8 Å². The second-order valence-electron chi connectivity index (χ2n) is 9.18. The minimum absolute atomic E-state index is 0.240. The maximum absolute atomic E-state index is 12.7. The number of anilines is 1. The fourth-order valence-electron chi connectivity index (χ4n) is 1.96. The summed E-state index contributed by atoms with van der Waals surface area (Å²) in [7, 11) is 0. The van der Waals surface area contributed by atoms with Crippen molar-refractivity contribution in [2.24, 2.45) is 0 Å². The van der Waals surface area contributed by atoms with E-state index in [9.17, 15) is 19.5 Å². The molecule has 1 aromatic rings. The molecule has 0 saturated carbocycles. The van der Waals surface area contributed by atoms with Crippen molar-refractivity contribution < 1.29 is 33.4 Å². The van der Waals surface area contributed by atoms with Gasteiger partial charge in [0, 0.05) is 11.5 Å². The van der Waals surface area contributed by atoms with Crippen molar-refractivity contribution in [3.63, 3.8) is 0 Å². The molecule has 0 spiro atoms. The number of furan rings is 1. The lowest BCUT2D eigenvalue weighted by atomic mass is 9.93. The van der Waals surface area contributed by atoms with Gasteiger partial charge in [-0.1, -0.05) is 20.8 Å². The first-order valence-corrected chi connectivity index (χ1v) is 8.56. The van der Waals surface area contributed by atoms with Gasteiger partial charge < -0.3 is 19.0 Å². The highest BCUT2D eigenvalue weighted by molar-refractivity contribution is 6.12. The second kappa shape index (κ2) is 7.25. The zero-order valence-electron chi connectivity index (χ0n) is 17.4. The number of ether oxygens (including phenoxy) is 2. The summed E-state index contributed by atoms with van der Waals surface area (Å²) in [5, 5.41) is 9.50. The minimum atomic E-state index is -1.42. The molecule has 0 aromatic carbocycles. The summed E-state index contributed by atoms with van der Waals surface area (Å²) < 4.78 is 16.0. The SMILES string of the molecule is CC(C)(C)OC(=O)N(C(=O)OC(C)(C)C)c1cc(C(C)(C)C)oc1C(=O)O. The molecule has 8 nitrogen and oxygen atoms in total. The first kappa shape index (κ1) is 22.5. The lowest BCUT2D eigenvalue weighted by molar-refractivity contribution is 0.0430. The Morgan fingerprint density at radius 1 is 0.889 bits per heavy atom. The van der Waals surface area contributed by atoms with Crippen molar-refractivity contribution in [2.45, 2.75) is 78.9 Å². The van der Waals surface area contributed by atoms with Crippen LogP contribution in [0.3, 0.4) is 0 Å². The van der Waals surface area contributed by atoms with Crippen LogP contribution in [0.15, 0.2) is 10.5 Å². The standard InChI is InChI=1S/C19H29NO7/c1-17(2,3)12-10-11(13(25-12)14(21)22)20(15(23)26-18(4,5)6)16(24)27-19(7,8)9/h10H,1-9H3,(H,21,22). The Morgan fingerprint density at radius 3 is 1.59 bits per heavy atom. The average molecular weight is 383 g/mol. The van der Waals surface area contributed by atoms with Gasteiger partial charge in [0.2, 0.25) is 5.76 Å². The molecule has 0 saturated heterocycles. The Labute approximate surface area is 159 Å². The van der Waals surface area contributed by atoms with Crippen molar-refractivity contribution in [3.05, 3.63) is 17.6 Å². The summed E-state index contributed by atoms with van der Waals surface area (Å²) in [4.78, 5) is 37.6. The molecule has 1 rings (SSSR count). The summed E-state index contributed by atoms with van der Waals surface area (Å²) in [5.41, 5.74) is -2.60. The number of amides is 2. The van der Waals surface area contributed by atoms with E-state index in [-0.39, 0.29) is 5.69 Å². The van der Waals surface area contributed by atoms with E-state index in [0.717, 1.165) is 0 Å². The van der Waals surface area contributed by atoms with Crippen molar-refractivity contribution in [2.75, 3.05) is 4.90 Å². The second-order valence-corrected chi connectivity index (χ2v) is 9.18. The summed E-state index contributed by atoms with van der Waals surface area (Å²) in [6.07, 6.45) is -2.11. The van der Waals surface area contributed by atoms with E-state index < -0.39 is 40.5 Å². The van der Waals surface area contributed by atoms with Crippen LogP contribution >= 0.6 is 0 Å². The number of hydrogen-bond acceptors (Lipinski definition) is 6. The number of nitrogens with zero attached hydrogens (tertiary/aromatic N) is 1. The number of carbonyl (C=O) groups excluding carboxylic acids is 2. The quantitative estimate of drug-likeness (QED) is 0.770. The molecule has 8 heteroatoms. The van der Waals surface area contributed by atoms with E-state index >= 15 is 0 Å². The molecule has 1 N–H and O–H groups in total. The fraction of sp³-hybridized carbons (Fsp3) is 0.632. The molecular formula is C19H29NO7. The summed E-state index contributed by atoms with van der Waals surface area (Å²) >= 11 is 0. The van der Waals surface area contributed by atoms with Gasteiger partial charge >= 0.3 is 18.2 Å². The summed E-state index contributed by atoms with van der Waals surface area (Å²) in [5.74, 6) is -1.67. The average Bonchev–Trinajstić information content (AvgIpc) is 2.78. The van der Waals surface area contributed by atoms with Gasteiger partial charge in [0.25, 0.3) is 0 Å². The predicted octanol–water partition coefficient (Wildman–Crippen LogP) is 4.95. The highest BCUT2D eigenvalue weighted by Crippen LogP contribution is 2.34. The van der Waals surface area contributed by atoms with Crippen molar-refractivity contribution in [1.29, 1.82) is 0 Å².